The molecule has 1 aromatic rings. The standard InChI is InChI=1S/C16H26BrN3O/c1-6-18-13-11(17)12(15(2,3)4)19-14(20-13)16(21-5)9-7-8-10-16/h6-10H2,1-5H3,(H,18,19,20). The third kappa shape index (κ3) is 3.24. The van der Waals surface area contributed by atoms with Gasteiger partial charge in [0.25, 0.3) is 0 Å². The van der Waals surface area contributed by atoms with Gasteiger partial charge in [-0.25, -0.2) is 9.97 Å². The van der Waals surface area contributed by atoms with Gasteiger partial charge in [0.05, 0.1) is 10.2 Å². The van der Waals surface area contributed by atoms with Crippen molar-refractivity contribution in [3.05, 3.63) is 16.0 Å². The molecule has 1 fully saturated rings. The topological polar surface area (TPSA) is 47.0 Å². The van der Waals surface area contributed by atoms with E-state index in [1.54, 1.807) is 7.11 Å². The molecule has 0 aliphatic heterocycles. The minimum absolute atomic E-state index is 0.0474. The van der Waals surface area contributed by atoms with Crippen LogP contribution in [0.1, 0.15) is 64.9 Å². The molecule has 0 unspecified atom stereocenters. The van der Waals surface area contributed by atoms with Gasteiger partial charge in [-0.1, -0.05) is 20.8 Å². The molecular weight excluding hydrogens is 330 g/mol. The SMILES string of the molecule is CCNc1nc(C2(OC)CCCC2)nc(C(C)(C)C)c1Br. The van der Waals surface area contributed by atoms with Crippen LogP contribution >= 0.6 is 15.9 Å². The number of methoxy groups -OCH3 is 1. The highest BCUT2D eigenvalue weighted by Crippen LogP contribution is 2.42. The first-order valence-electron chi connectivity index (χ1n) is 7.71. The summed E-state index contributed by atoms with van der Waals surface area (Å²) in [5, 5.41) is 3.34. The third-order valence-electron chi connectivity index (χ3n) is 4.12. The fourth-order valence-corrected chi connectivity index (χ4v) is 3.81. The second kappa shape index (κ2) is 6.21. The van der Waals surface area contributed by atoms with Crippen LogP contribution in [0.15, 0.2) is 4.47 Å². The molecule has 1 N–H and O–H groups in total. The van der Waals surface area contributed by atoms with Crippen molar-refractivity contribution in [2.45, 2.75) is 64.4 Å². The van der Waals surface area contributed by atoms with E-state index in [-0.39, 0.29) is 11.0 Å². The fourth-order valence-electron chi connectivity index (χ4n) is 2.90. The summed E-state index contributed by atoms with van der Waals surface area (Å²) in [5.74, 6) is 1.70. The van der Waals surface area contributed by atoms with Crippen LogP contribution in [-0.4, -0.2) is 23.6 Å². The highest BCUT2D eigenvalue weighted by molar-refractivity contribution is 9.10. The smallest absolute Gasteiger partial charge is 0.162 e. The van der Waals surface area contributed by atoms with Gasteiger partial charge in [0, 0.05) is 19.1 Å². The third-order valence-corrected chi connectivity index (χ3v) is 4.87. The predicted octanol–water partition coefficient (Wildman–Crippen LogP) is 4.38. The van der Waals surface area contributed by atoms with Crippen molar-refractivity contribution < 1.29 is 4.74 Å². The molecule has 4 nitrogen and oxygen atoms in total. The predicted molar refractivity (Wildman–Crippen MR) is 89.8 cm³/mol. The van der Waals surface area contributed by atoms with Crippen LogP contribution in [0.2, 0.25) is 0 Å². The monoisotopic (exact) mass is 355 g/mol. The van der Waals surface area contributed by atoms with Crippen molar-refractivity contribution in [1.29, 1.82) is 0 Å². The molecule has 0 radical (unpaired) electrons. The summed E-state index contributed by atoms with van der Waals surface area (Å²) in [6.45, 7) is 9.43. The van der Waals surface area contributed by atoms with Crippen molar-refractivity contribution >= 4 is 21.7 Å². The molecule has 0 spiro atoms. The van der Waals surface area contributed by atoms with Gasteiger partial charge in [0.2, 0.25) is 0 Å². The molecule has 0 saturated heterocycles. The number of halogens is 1. The first-order valence-corrected chi connectivity index (χ1v) is 8.51. The van der Waals surface area contributed by atoms with Gasteiger partial charge in [-0.3, -0.25) is 0 Å². The van der Waals surface area contributed by atoms with Gasteiger partial charge in [-0.05, 0) is 48.5 Å². The molecule has 1 heterocycles. The summed E-state index contributed by atoms with van der Waals surface area (Å²) in [6.07, 6.45) is 4.35. The zero-order chi connectivity index (χ0) is 15.7. The van der Waals surface area contributed by atoms with Gasteiger partial charge in [-0.15, -0.1) is 0 Å². The summed E-state index contributed by atoms with van der Waals surface area (Å²) in [5.41, 5.74) is 0.672. The van der Waals surface area contributed by atoms with Crippen LogP contribution in [0.4, 0.5) is 5.82 Å². The average Bonchev–Trinajstić information content (AvgIpc) is 2.90. The summed E-state index contributed by atoms with van der Waals surface area (Å²) >= 11 is 3.67. The molecule has 1 aliphatic carbocycles. The minimum atomic E-state index is -0.315. The Morgan fingerprint density at radius 1 is 1.24 bits per heavy atom. The van der Waals surface area contributed by atoms with E-state index >= 15 is 0 Å². The molecule has 118 valence electrons. The van der Waals surface area contributed by atoms with Crippen LogP contribution < -0.4 is 5.32 Å². The summed E-state index contributed by atoms with van der Waals surface area (Å²) in [7, 11) is 1.78. The van der Waals surface area contributed by atoms with E-state index in [1.165, 1.54) is 12.8 Å². The average molecular weight is 356 g/mol. The Hall–Kier alpha value is -0.680. The lowest BCUT2D eigenvalue weighted by atomic mass is 9.91. The Morgan fingerprint density at radius 2 is 1.86 bits per heavy atom. The molecule has 0 atom stereocenters. The maximum Gasteiger partial charge on any atom is 0.162 e. The Balaban J connectivity index is 2.58. The zero-order valence-electron chi connectivity index (χ0n) is 13.7. The number of anilines is 1. The van der Waals surface area contributed by atoms with Gasteiger partial charge in [0.1, 0.15) is 11.4 Å². The number of nitrogens with zero attached hydrogens (tertiary/aromatic N) is 2. The summed E-state index contributed by atoms with van der Waals surface area (Å²) < 4.78 is 6.82. The van der Waals surface area contributed by atoms with Crippen molar-refractivity contribution in [2.24, 2.45) is 0 Å². The van der Waals surface area contributed by atoms with E-state index in [0.29, 0.717) is 0 Å². The normalized spacial score (nSPS) is 18.0. The van der Waals surface area contributed by atoms with Crippen molar-refractivity contribution in [3.63, 3.8) is 0 Å². The second-order valence-corrected chi connectivity index (χ2v) is 7.54. The number of aromatic nitrogens is 2. The van der Waals surface area contributed by atoms with E-state index in [4.69, 9.17) is 14.7 Å². The Bertz CT molecular complexity index is 505. The van der Waals surface area contributed by atoms with Crippen LogP contribution in [-0.2, 0) is 15.8 Å². The van der Waals surface area contributed by atoms with E-state index < -0.39 is 0 Å². The van der Waals surface area contributed by atoms with Crippen LogP contribution in [0.3, 0.4) is 0 Å². The Kier molecular flexibility index (Phi) is 4.93. The Labute approximate surface area is 136 Å². The number of ether oxygens (including phenoxy) is 1. The molecule has 1 aliphatic rings. The Morgan fingerprint density at radius 3 is 2.33 bits per heavy atom. The lowest BCUT2D eigenvalue weighted by Crippen LogP contribution is -2.30. The second-order valence-electron chi connectivity index (χ2n) is 6.74. The highest BCUT2D eigenvalue weighted by Gasteiger charge is 2.40. The first kappa shape index (κ1) is 16.7. The molecule has 5 heteroatoms. The van der Waals surface area contributed by atoms with Gasteiger partial charge >= 0.3 is 0 Å². The lowest BCUT2D eigenvalue weighted by molar-refractivity contribution is -0.0165. The molecule has 0 aromatic carbocycles. The van der Waals surface area contributed by atoms with Crippen LogP contribution in [0.25, 0.3) is 0 Å². The maximum absolute atomic E-state index is 5.86. The largest absolute Gasteiger partial charge is 0.370 e. The van der Waals surface area contributed by atoms with Crippen LogP contribution in [0, 0.1) is 0 Å². The van der Waals surface area contributed by atoms with Crippen molar-refractivity contribution in [1.82, 2.24) is 9.97 Å². The van der Waals surface area contributed by atoms with Crippen LogP contribution in [0.5, 0.6) is 0 Å². The molecule has 0 amide bonds. The quantitative estimate of drug-likeness (QED) is 0.870. The fraction of sp³-hybridized carbons (Fsp3) is 0.750. The number of nitrogens with one attached hydrogen (secondary N) is 1. The summed E-state index contributed by atoms with van der Waals surface area (Å²) in [4.78, 5) is 9.66. The number of hydrogen-bond donors (Lipinski definition) is 1. The van der Waals surface area contributed by atoms with Crippen molar-refractivity contribution in [3.8, 4) is 0 Å². The number of hydrogen-bond acceptors (Lipinski definition) is 4. The molecular formula is C16H26BrN3O. The van der Waals surface area contributed by atoms with Gasteiger partial charge in [0.15, 0.2) is 5.82 Å². The molecule has 21 heavy (non-hydrogen) atoms. The maximum atomic E-state index is 5.86. The first-order chi connectivity index (χ1) is 9.84. The van der Waals surface area contributed by atoms with Gasteiger partial charge < -0.3 is 10.1 Å². The number of rotatable bonds is 4. The molecule has 1 aromatic heterocycles. The summed E-state index contributed by atoms with van der Waals surface area (Å²) in [6, 6.07) is 0. The zero-order valence-corrected chi connectivity index (χ0v) is 15.3. The van der Waals surface area contributed by atoms with E-state index in [1.807, 2.05) is 0 Å². The molecule has 2 rings (SSSR count). The van der Waals surface area contributed by atoms with E-state index in [2.05, 4.69) is 48.9 Å². The molecule has 0 bridgehead atoms. The lowest BCUT2D eigenvalue weighted by Gasteiger charge is -2.29. The highest BCUT2D eigenvalue weighted by atomic mass is 79.9. The van der Waals surface area contributed by atoms with E-state index in [9.17, 15) is 0 Å². The minimum Gasteiger partial charge on any atom is -0.370 e. The molecule has 1 saturated carbocycles. The van der Waals surface area contributed by atoms with E-state index in [0.717, 1.165) is 41.2 Å². The van der Waals surface area contributed by atoms with Crippen molar-refractivity contribution in [2.75, 3.05) is 19.0 Å². The van der Waals surface area contributed by atoms with Gasteiger partial charge in [-0.2, -0.15) is 0 Å².